The molecule has 2 rings (SSSR count). The molecule has 0 aliphatic rings. The fraction of sp³-hybridized carbons (Fsp3) is 0.273. The Morgan fingerprint density at radius 2 is 1.94 bits per heavy atom. The average Bonchev–Trinajstić information content (AvgIpc) is 2.59. The van der Waals surface area contributed by atoms with Gasteiger partial charge in [0.15, 0.2) is 9.54 Å². The minimum atomic E-state index is 0.549. The first kappa shape index (κ1) is 12.1. The van der Waals surface area contributed by atoms with Crippen LogP contribution in [0.15, 0.2) is 30.3 Å². The number of hydrogen-bond acceptors (Lipinski definition) is 3. The molecule has 0 saturated carbocycles. The molecule has 2 aromatic rings. The van der Waals surface area contributed by atoms with E-state index in [2.05, 4.69) is 5.10 Å². The molecule has 0 atom stereocenters. The highest BCUT2D eigenvalue weighted by Crippen LogP contribution is 2.08. The summed E-state index contributed by atoms with van der Waals surface area (Å²) in [6.07, 6.45) is 0. The van der Waals surface area contributed by atoms with Gasteiger partial charge >= 0.3 is 0 Å². The number of nitrogens with zero attached hydrogens (tertiary/aromatic N) is 2. The molecule has 0 aliphatic carbocycles. The van der Waals surface area contributed by atoms with Crippen molar-refractivity contribution in [2.45, 2.75) is 6.54 Å². The molecule has 0 unspecified atom stereocenters. The lowest BCUT2D eigenvalue weighted by Gasteiger charge is -2.05. The van der Waals surface area contributed by atoms with Gasteiger partial charge in [-0.25, -0.2) is 0 Å². The van der Waals surface area contributed by atoms with Crippen molar-refractivity contribution in [2.24, 2.45) is 7.05 Å². The summed E-state index contributed by atoms with van der Waals surface area (Å²) in [4.78, 5) is 0. The van der Waals surface area contributed by atoms with Crippen molar-refractivity contribution >= 4 is 24.4 Å². The van der Waals surface area contributed by atoms with Crippen LogP contribution in [0.5, 0.6) is 5.75 Å². The molecule has 0 saturated heterocycles. The lowest BCUT2D eigenvalue weighted by molar-refractivity contribution is 0.290. The average molecular weight is 267 g/mol. The lowest BCUT2D eigenvalue weighted by atomic mass is 10.3. The quantitative estimate of drug-likeness (QED) is 0.865. The van der Waals surface area contributed by atoms with Gasteiger partial charge in [-0.3, -0.25) is 14.3 Å². The number of ether oxygens (including phenoxy) is 1. The van der Waals surface area contributed by atoms with E-state index in [0.29, 0.717) is 22.7 Å². The van der Waals surface area contributed by atoms with Gasteiger partial charge < -0.3 is 4.74 Å². The molecule has 1 heterocycles. The van der Waals surface area contributed by atoms with E-state index in [4.69, 9.17) is 29.2 Å². The molecule has 17 heavy (non-hydrogen) atoms. The Hall–Kier alpha value is -1.40. The number of rotatable bonds is 4. The second-order valence-electron chi connectivity index (χ2n) is 3.57. The monoisotopic (exact) mass is 267 g/mol. The SMILES string of the molecule is Cn1c(=S)[nH]n(CCOc2ccccc2)c1=S. The summed E-state index contributed by atoms with van der Waals surface area (Å²) in [5, 5.41) is 3.01. The normalized spacial score (nSPS) is 10.4. The van der Waals surface area contributed by atoms with Crippen LogP contribution in [0.1, 0.15) is 0 Å². The van der Waals surface area contributed by atoms with Crippen LogP contribution in [0.2, 0.25) is 0 Å². The van der Waals surface area contributed by atoms with Gasteiger partial charge in [-0.2, -0.15) is 0 Å². The highest BCUT2D eigenvalue weighted by atomic mass is 32.1. The molecular weight excluding hydrogens is 254 g/mol. The van der Waals surface area contributed by atoms with Crippen molar-refractivity contribution in [3.63, 3.8) is 0 Å². The van der Waals surface area contributed by atoms with Crippen LogP contribution in [-0.2, 0) is 13.6 Å². The third kappa shape index (κ3) is 2.83. The molecular formula is C11H13N3OS2. The topological polar surface area (TPSA) is 34.9 Å². The third-order valence-electron chi connectivity index (χ3n) is 2.38. The van der Waals surface area contributed by atoms with E-state index in [1.807, 2.05) is 37.4 Å². The Morgan fingerprint density at radius 3 is 2.53 bits per heavy atom. The molecule has 1 aromatic carbocycles. The fourth-order valence-electron chi connectivity index (χ4n) is 1.43. The number of aromatic nitrogens is 3. The zero-order valence-corrected chi connectivity index (χ0v) is 11.1. The van der Waals surface area contributed by atoms with Crippen LogP contribution in [0, 0.1) is 9.54 Å². The van der Waals surface area contributed by atoms with Crippen LogP contribution in [0.3, 0.4) is 0 Å². The van der Waals surface area contributed by atoms with Crippen LogP contribution in [0.25, 0.3) is 0 Å². The van der Waals surface area contributed by atoms with E-state index in [-0.39, 0.29) is 0 Å². The second-order valence-corrected chi connectivity index (χ2v) is 4.32. The molecule has 0 radical (unpaired) electrons. The van der Waals surface area contributed by atoms with Crippen molar-refractivity contribution in [2.75, 3.05) is 6.61 Å². The Kier molecular flexibility index (Phi) is 3.75. The molecule has 90 valence electrons. The van der Waals surface area contributed by atoms with Crippen molar-refractivity contribution in [1.82, 2.24) is 14.3 Å². The molecule has 1 N–H and O–H groups in total. The predicted molar refractivity (Wildman–Crippen MR) is 71.4 cm³/mol. The van der Waals surface area contributed by atoms with Gasteiger partial charge in [0.1, 0.15) is 12.4 Å². The predicted octanol–water partition coefficient (Wildman–Crippen LogP) is 2.69. The summed E-state index contributed by atoms with van der Waals surface area (Å²) >= 11 is 10.3. The summed E-state index contributed by atoms with van der Waals surface area (Å²) in [6.45, 7) is 1.20. The van der Waals surface area contributed by atoms with E-state index < -0.39 is 0 Å². The van der Waals surface area contributed by atoms with E-state index in [0.717, 1.165) is 5.75 Å². The first-order chi connectivity index (χ1) is 8.18. The maximum absolute atomic E-state index is 5.58. The van der Waals surface area contributed by atoms with Crippen LogP contribution >= 0.6 is 24.4 Å². The highest BCUT2D eigenvalue weighted by molar-refractivity contribution is 7.72. The van der Waals surface area contributed by atoms with Crippen molar-refractivity contribution < 1.29 is 4.74 Å². The summed E-state index contributed by atoms with van der Waals surface area (Å²) in [5.41, 5.74) is 0. The van der Waals surface area contributed by atoms with E-state index >= 15 is 0 Å². The molecule has 6 heteroatoms. The van der Waals surface area contributed by atoms with E-state index in [9.17, 15) is 0 Å². The maximum atomic E-state index is 5.58. The minimum absolute atomic E-state index is 0.549. The number of H-pyrrole nitrogens is 1. The lowest BCUT2D eigenvalue weighted by Crippen LogP contribution is -2.09. The third-order valence-corrected chi connectivity index (χ3v) is 3.24. The van der Waals surface area contributed by atoms with E-state index in [1.165, 1.54) is 0 Å². The maximum Gasteiger partial charge on any atom is 0.196 e. The highest BCUT2D eigenvalue weighted by Gasteiger charge is 1.99. The van der Waals surface area contributed by atoms with Crippen LogP contribution in [0.4, 0.5) is 0 Å². The molecule has 0 aliphatic heterocycles. The Labute approximate surface area is 109 Å². The minimum Gasteiger partial charge on any atom is -0.492 e. The number of para-hydroxylation sites is 1. The molecule has 0 fully saturated rings. The fourth-order valence-corrected chi connectivity index (χ4v) is 1.91. The van der Waals surface area contributed by atoms with Crippen LogP contribution < -0.4 is 4.74 Å². The van der Waals surface area contributed by atoms with Crippen molar-refractivity contribution in [1.29, 1.82) is 0 Å². The van der Waals surface area contributed by atoms with Gasteiger partial charge in [0.05, 0.1) is 6.54 Å². The Balaban J connectivity index is 1.97. The first-order valence-corrected chi connectivity index (χ1v) is 6.04. The van der Waals surface area contributed by atoms with Crippen molar-refractivity contribution in [3.05, 3.63) is 39.9 Å². The largest absolute Gasteiger partial charge is 0.492 e. The Bertz CT molecular complexity index is 597. The first-order valence-electron chi connectivity index (χ1n) is 5.22. The summed E-state index contributed by atoms with van der Waals surface area (Å²) < 4.78 is 10.4. The molecule has 0 amide bonds. The van der Waals surface area contributed by atoms with Gasteiger partial charge in [-0.15, -0.1) is 0 Å². The summed E-state index contributed by atoms with van der Waals surface area (Å²) in [5.74, 6) is 0.855. The second kappa shape index (κ2) is 5.29. The number of hydrogen-bond donors (Lipinski definition) is 1. The van der Waals surface area contributed by atoms with Gasteiger partial charge in [-0.05, 0) is 36.6 Å². The molecule has 0 spiro atoms. The smallest absolute Gasteiger partial charge is 0.196 e. The van der Waals surface area contributed by atoms with Gasteiger partial charge in [-0.1, -0.05) is 18.2 Å². The van der Waals surface area contributed by atoms with Gasteiger partial charge in [0.2, 0.25) is 0 Å². The summed E-state index contributed by atoms with van der Waals surface area (Å²) in [7, 11) is 1.84. The van der Waals surface area contributed by atoms with Gasteiger partial charge in [0.25, 0.3) is 0 Å². The number of benzene rings is 1. The van der Waals surface area contributed by atoms with Gasteiger partial charge in [0, 0.05) is 7.05 Å². The zero-order valence-electron chi connectivity index (χ0n) is 9.42. The van der Waals surface area contributed by atoms with E-state index in [1.54, 1.807) is 9.25 Å². The molecule has 4 nitrogen and oxygen atoms in total. The van der Waals surface area contributed by atoms with Crippen molar-refractivity contribution in [3.8, 4) is 5.75 Å². The molecule has 1 aromatic heterocycles. The van der Waals surface area contributed by atoms with Crippen LogP contribution in [-0.4, -0.2) is 21.0 Å². The standard InChI is InChI=1S/C11H13N3OS2/c1-13-10(16)12-14(11(13)17)7-8-15-9-5-3-2-4-6-9/h2-6H,7-8H2,1H3,(H,12,16). The molecule has 0 bridgehead atoms. The number of nitrogens with one attached hydrogen (secondary N) is 1. The summed E-state index contributed by atoms with van der Waals surface area (Å²) in [6, 6.07) is 9.68. The Morgan fingerprint density at radius 1 is 1.24 bits per heavy atom. The number of aromatic amines is 1. The zero-order chi connectivity index (χ0) is 12.3.